The van der Waals surface area contributed by atoms with Gasteiger partial charge in [-0.3, -0.25) is 0 Å². The van der Waals surface area contributed by atoms with Crippen LogP contribution in [0, 0.1) is 0 Å². The molecule has 1 aliphatic rings. The van der Waals surface area contributed by atoms with Gasteiger partial charge in [-0.05, 0) is 52.9 Å². The molecule has 92 valence electrons. The molecule has 2 rings (SSSR count). The Morgan fingerprint density at radius 2 is 2.29 bits per heavy atom. The summed E-state index contributed by atoms with van der Waals surface area (Å²) in [5.74, 6) is 0. The summed E-state index contributed by atoms with van der Waals surface area (Å²) in [6, 6.07) is 6.84. The number of hydrogen-bond acceptors (Lipinski definition) is 1. The zero-order valence-electron chi connectivity index (χ0n) is 9.97. The Kier molecular flexibility index (Phi) is 4.66. The van der Waals surface area contributed by atoms with Gasteiger partial charge in [0.1, 0.15) is 0 Å². The second-order valence-electron chi connectivity index (χ2n) is 4.48. The molecule has 1 saturated carbocycles. The van der Waals surface area contributed by atoms with E-state index in [0.29, 0.717) is 0 Å². The van der Waals surface area contributed by atoms with Crippen molar-refractivity contribution in [3.63, 3.8) is 0 Å². The van der Waals surface area contributed by atoms with E-state index in [9.17, 15) is 0 Å². The van der Waals surface area contributed by atoms with Gasteiger partial charge in [-0.2, -0.15) is 0 Å². The summed E-state index contributed by atoms with van der Waals surface area (Å²) >= 11 is 9.49. The lowest BCUT2D eigenvalue weighted by Crippen LogP contribution is -2.18. The van der Waals surface area contributed by atoms with Crippen LogP contribution >= 0.6 is 27.5 Å². The van der Waals surface area contributed by atoms with Crippen LogP contribution in [0.5, 0.6) is 0 Å². The van der Waals surface area contributed by atoms with Gasteiger partial charge in [0.05, 0.1) is 5.02 Å². The zero-order chi connectivity index (χ0) is 12.3. The van der Waals surface area contributed by atoms with Gasteiger partial charge >= 0.3 is 0 Å². The van der Waals surface area contributed by atoms with Gasteiger partial charge in [0, 0.05) is 17.1 Å². The van der Waals surface area contributed by atoms with Gasteiger partial charge in [0.15, 0.2) is 0 Å². The predicted molar refractivity (Wildman–Crippen MR) is 78.4 cm³/mol. The molecule has 1 aromatic carbocycles. The predicted octanol–water partition coefficient (Wildman–Crippen LogP) is 4.65. The van der Waals surface area contributed by atoms with E-state index >= 15 is 0 Å². The first-order valence-corrected chi connectivity index (χ1v) is 7.24. The number of benzene rings is 1. The van der Waals surface area contributed by atoms with E-state index in [4.69, 9.17) is 11.6 Å². The molecule has 0 atom stereocenters. The third-order valence-electron chi connectivity index (χ3n) is 2.96. The van der Waals surface area contributed by atoms with Crippen LogP contribution in [0.25, 0.3) is 6.08 Å². The molecule has 0 radical (unpaired) electrons. The van der Waals surface area contributed by atoms with Crippen LogP contribution in [0.4, 0.5) is 0 Å². The van der Waals surface area contributed by atoms with E-state index in [2.05, 4.69) is 40.3 Å². The lowest BCUT2D eigenvalue weighted by atomic mass is 10.1. The molecule has 1 aliphatic carbocycles. The fourth-order valence-corrected chi connectivity index (χ4v) is 2.11. The topological polar surface area (TPSA) is 12.0 Å². The maximum Gasteiger partial charge on any atom is 0.0554 e. The maximum absolute atomic E-state index is 6.09. The van der Waals surface area contributed by atoms with Gasteiger partial charge < -0.3 is 5.32 Å². The molecular formula is C14H17BrClN. The molecule has 1 fully saturated rings. The van der Waals surface area contributed by atoms with Gasteiger partial charge in [-0.15, -0.1) is 0 Å². The molecule has 1 aromatic rings. The van der Waals surface area contributed by atoms with Crippen molar-refractivity contribution < 1.29 is 0 Å². The normalized spacial score (nSPS) is 16.3. The van der Waals surface area contributed by atoms with Crippen molar-refractivity contribution in [3.8, 4) is 0 Å². The molecular weight excluding hydrogens is 298 g/mol. The Balaban J connectivity index is 2.04. The second-order valence-corrected chi connectivity index (χ2v) is 5.75. The van der Waals surface area contributed by atoms with E-state index < -0.39 is 0 Å². The van der Waals surface area contributed by atoms with Crippen LogP contribution in [0.2, 0.25) is 5.02 Å². The van der Waals surface area contributed by atoms with Crippen LogP contribution < -0.4 is 5.32 Å². The van der Waals surface area contributed by atoms with Crippen molar-refractivity contribution in [1.82, 2.24) is 5.32 Å². The number of halogens is 2. The van der Waals surface area contributed by atoms with E-state index in [1.54, 1.807) is 0 Å². The van der Waals surface area contributed by atoms with Gasteiger partial charge in [-0.25, -0.2) is 0 Å². The highest BCUT2D eigenvalue weighted by molar-refractivity contribution is 9.10. The Bertz CT molecular complexity index is 424. The highest BCUT2D eigenvalue weighted by atomic mass is 79.9. The first-order valence-electron chi connectivity index (χ1n) is 6.07. The van der Waals surface area contributed by atoms with E-state index in [1.807, 2.05) is 12.1 Å². The van der Waals surface area contributed by atoms with E-state index in [-0.39, 0.29) is 0 Å². The minimum atomic E-state index is 0.762. The highest BCUT2D eigenvalue weighted by Gasteiger charge is 2.19. The molecule has 0 amide bonds. The van der Waals surface area contributed by atoms with E-state index in [0.717, 1.165) is 28.5 Å². The summed E-state index contributed by atoms with van der Waals surface area (Å²) in [6.07, 6.45) is 5.98. The molecule has 0 saturated heterocycles. The Labute approximate surface area is 116 Å². The van der Waals surface area contributed by atoms with Crippen molar-refractivity contribution in [2.45, 2.75) is 32.2 Å². The highest BCUT2D eigenvalue weighted by Crippen LogP contribution is 2.25. The van der Waals surface area contributed by atoms with Crippen molar-refractivity contribution in [2.24, 2.45) is 0 Å². The first-order chi connectivity index (χ1) is 8.19. The van der Waals surface area contributed by atoms with Crippen LogP contribution in [0.15, 0.2) is 28.2 Å². The average Bonchev–Trinajstić information content (AvgIpc) is 3.13. The van der Waals surface area contributed by atoms with Crippen molar-refractivity contribution in [1.29, 1.82) is 0 Å². The SMILES string of the molecule is CC/C(=C/c1ccc(Br)c(Cl)c1)CNC1CC1. The molecule has 0 spiro atoms. The van der Waals surface area contributed by atoms with E-state index in [1.165, 1.54) is 24.0 Å². The molecule has 1 N–H and O–H groups in total. The summed E-state index contributed by atoms with van der Waals surface area (Å²) in [7, 11) is 0. The summed E-state index contributed by atoms with van der Waals surface area (Å²) in [5.41, 5.74) is 2.60. The molecule has 1 nitrogen and oxygen atoms in total. The summed E-state index contributed by atoms with van der Waals surface area (Å²) in [4.78, 5) is 0. The summed E-state index contributed by atoms with van der Waals surface area (Å²) in [5, 5.41) is 4.31. The lowest BCUT2D eigenvalue weighted by Gasteiger charge is -2.07. The van der Waals surface area contributed by atoms with Crippen LogP contribution in [0.3, 0.4) is 0 Å². The Morgan fingerprint density at radius 3 is 2.88 bits per heavy atom. The smallest absolute Gasteiger partial charge is 0.0554 e. The van der Waals surface area contributed by atoms with Crippen molar-refractivity contribution in [3.05, 3.63) is 38.8 Å². The Hall–Kier alpha value is -0.310. The van der Waals surface area contributed by atoms with Crippen LogP contribution in [0.1, 0.15) is 31.7 Å². The first kappa shape index (κ1) is 13.1. The largest absolute Gasteiger partial charge is 0.310 e. The van der Waals surface area contributed by atoms with Gasteiger partial charge in [0.2, 0.25) is 0 Å². The zero-order valence-corrected chi connectivity index (χ0v) is 12.3. The average molecular weight is 315 g/mol. The Morgan fingerprint density at radius 1 is 1.53 bits per heavy atom. The molecule has 0 bridgehead atoms. The number of rotatable bonds is 5. The second kappa shape index (κ2) is 6.03. The van der Waals surface area contributed by atoms with Crippen molar-refractivity contribution >= 4 is 33.6 Å². The standard InChI is InChI=1S/C14H17BrClN/c1-2-10(9-17-12-4-5-12)7-11-3-6-13(15)14(16)8-11/h3,6-8,12,17H,2,4-5,9H2,1H3/b10-7-. The molecule has 0 heterocycles. The fourth-order valence-electron chi connectivity index (χ4n) is 1.68. The lowest BCUT2D eigenvalue weighted by molar-refractivity contribution is 0.723. The van der Waals surface area contributed by atoms with Crippen molar-refractivity contribution in [2.75, 3.05) is 6.54 Å². The quantitative estimate of drug-likeness (QED) is 0.834. The fraction of sp³-hybridized carbons (Fsp3) is 0.429. The van der Waals surface area contributed by atoms with Gasteiger partial charge in [0.25, 0.3) is 0 Å². The third kappa shape index (κ3) is 4.13. The summed E-state index contributed by atoms with van der Waals surface area (Å²) < 4.78 is 0.950. The summed E-state index contributed by atoms with van der Waals surface area (Å²) in [6.45, 7) is 3.19. The molecule has 0 aromatic heterocycles. The maximum atomic E-state index is 6.09. The van der Waals surface area contributed by atoms with Crippen LogP contribution in [-0.2, 0) is 0 Å². The number of nitrogens with one attached hydrogen (secondary N) is 1. The molecule has 0 unspecified atom stereocenters. The molecule has 0 aliphatic heterocycles. The van der Waals surface area contributed by atoms with Gasteiger partial charge in [-0.1, -0.05) is 36.2 Å². The molecule has 17 heavy (non-hydrogen) atoms. The minimum Gasteiger partial charge on any atom is -0.310 e. The number of hydrogen-bond donors (Lipinski definition) is 1. The molecule has 3 heteroatoms. The monoisotopic (exact) mass is 313 g/mol. The third-order valence-corrected chi connectivity index (χ3v) is 4.20. The van der Waals surface area contributed by atoms with Crippen LogP contribution in [-0.4, -0.2) is 12.6 Å². The minimum absolute atomic E-state index is 0.762.